The number of fused-ring (bicyclic) bond motifs is 2. The molecule has 0 bridgehead atoms. The second-order valence-corrected chi connectivity index (χ2v) is 13.0. The van der Waals surface area contributed by atoms with Gasteiger partial charge < -0.3 is 15.2 Å². The fourth-order valence-corrected chi connectivity index (χ4v) is 7.08. The molecule has 250 valence electrons. The van der Waals surface area contributed by atoms with Gasteiger partial charge in [-0.1, -0.05) is 24.0 Å². The average molecular weight is 661 g/mol. The number of hydrogen-bond donors (Lipinski definition) is 3. The molecule has 3 N–H and O–H groups in total. The zero-order valence-corrected chi connectivity index (χ0v) is 27.3. The molecule has 2 fully saturated rings. The lowest BCUT2D eigenvalue weighted by atomic mass is 10.0. The molecule has 1 unspecified atom stereocenters. The number of unbranched alkanes of at least 4 members (excludes halogenated alkanes) is 2. The van der Waals surface area contributed by atoms with E-state index >= 15 is 4.39 Å². The lowest BCUT2D eigenvalue weighted by molar-refractivity contribution is -0.136. The molecule has 2 aromatic carbocycles. The zero-order valence-electron chi connectivity index (χ0n) is 27.3. The van der Waals surface area contributed by atoms with Crippen molar-refractivity contribution in [3.63, 3.8) is 0 Å². The van der Waals surface area contributed by atoms with Gasteiger partial charge in [0.1, 0.15) is 17.7 Å². The third-order valence-corrected chi connectivity index (χ3v) is 9.75. The van der Waals surface area contributed by atoms with Gasteiger partial charge in [0.15, 0.2) is 0 Å². The summed E-state index contributed by atoms with van der Waals surface area (Å²) in [4.78, 5) is 61.5. The first-order valence-corrected chi connectivity index (χ1v) is 16.8. The third-order valence-electron chi connectivity index (χ3n) is 9.75. The van der Waals surface area contributed by atoms with Crippen LogP contribution in [0, 0.1) is 17.7 Å². The molecule has 3 aliphatic heterocycles. The maximum Gasteiger partial charge on any atom is 0.259 e. The number of benzene rings is 2. The van der Waals surface area contributed by atoms with Crippen LogP contribution in [0.25, 0.3) is 10.9 Å². The normalized spacial score (nSPS) is 19.1. The number of aromatic amines is 1. The van der Waals surface area contributed by atoms with Gasteiger partial charge in [-0.2, -0.15) is 0 Å². The second-order valence-electron chi connectivity index (χ2n) is 13.0. The minimum atomic E-state index is -0.666. The number of nitrogens with one attached hydrogen (secondary N) is 3. The summed E-state index contributed by atoms with van der Waals surface area (Å²) < 4.78 is 15.0. The molecule has 5 heterocycles. The number of amides is 4. The number of carbonyl (C=O) groups excluding carboxylic acids is 4. The Morgan fingerprint density at radius 1 is 1.08 bits per heavy atom. The predicted octanol–water partition coefficient (Wildman–Crippen LogP) is 5.25. The quantitative estimate of drug-likeness (QED) is 0.135. The van der Waals surface area contributed by atoms with Crippen molar-refractivity contribution in [3.05, 3.63) is 94.1 Å². The van der Waals surface area contributed by atoms with E-state index in [2.05, 4.69) is 50.5 Å². The third kappa shape index (κ3) is 6.69. The number of anilines is 1. The van der Waals surface area contributed by atoms with E-state index in [9.17, 15) is 19.2 Å². The first-order valence-electron chi connectivity index (χ1n) is 16.8. The van der Waals surface area contributed by atoms with Gasteiger partial charge in [0, 0.05) is 59.9 Å². The van der Waals surface area contributed by atoms with Crippen LogP contribution in [0.15, 0.2) is 54.7 Å². The van der Waals surface area contributed by atoms with Crippen LogP contribution < -0.4 is 10.6 Å². The number of rotatable bonds is 8. The summed E-state index contributed by atoms with van der Waals surface area (Å²) in [5.41, 5.74) is 4.85. The van der Waals surface area contributed by atoms with Gasteiger partial charge in [-0.25, -0.2) is 9.37 Å². The minimum absolute atomic E-state index is 0.0405. The zero-order chi connectivity index (χ0) is 34.1. The van der Waals surface area contributed by atoms with Crippen LogP contribution in [-0.4, -0.2) is 63.0 Å². The van der Waals surface area contributed by atoms with Crippen LogP contribution in [0.3, 0.4) is 0 Å². The van der Waals surface area contributed by atoms with E-state index in [1.807, 2.05) is 6.07 Å². The van der Waals surface area contributed by atoms with Crippen molar-refractivity contribution in [1.82, 2.24) is 25.1 Å². The van der Waals surface area contributed by atoms with Crippen LogP contribution in [0.4, 0.5) is 10.2 Å². The highest BCUT2D eigenvalue weighted by molar-refractivity contribution is 6.06. The molecule has 2 aromatic heterocycles. The number of imide groups is 1. The highest BCUT2D eigenvalue weighted by Gasteiger charge is 2.39. The maximum absolute atomic E-state index is 15.0. The lowest BCUT2D eigenvalue weighted by Crippen LogP contribution is -2.52. The van der Waals surface area contributed by atoms with Crippen molar-refractivity contribution >= 4 is 40.3 Å². The van der Waals surface area contributed by atoms with E-state index in [-0.39, 0.29) is 30.3 Å². The molecule has 3 aliphatic rings. The SMILES string of the molecule is CN1CCC[C@@H]1c1cc2cnc(NC(=O)c3ccc(CCCCC#Cc4cccc5c4CN(C4CCC(=O)NC4=O)C5=O)cc3F)cc2[nH]1. The average Bonchev–Trinajstić information content (AvgIpc) is 3.79. The predicted molar refractivity (Wildman–Crippen MR) is 182 cm³/mol. The van der Waals surface area contributed by atoms with Gasteiger partial charge in [-0.3, -0.25) is 29.4 Å². The van der Waals surface area contributed by atoms with Crippen LogP contribution in [-0.2, 0) is 22.6 Å². The minimum Gasteiger partial charge on any atom is -0.357 e. The summed E-state index contributed by atoms with van der Waals surface area (Å²) >= 11 is 0. The number of hydrogen-bond acceptors (Lipinski definition) is 6. The number of aromatic nitrogens is 2. The molecule has 11 heteroatoms. The lowest BCUT2D eigenvalue weighted by Gasteiger charge is -2.29. The van der Waals surface area contributed by atoms with Crippen molar-refractivity contribution in [3.8, 4) is 11.8 Å². The molecule has 2 atom stereocenters. The Balaban J connectivity index is 0.907. The Kier molecular flexibility index (Phi) is 8.97. The molecule has 0 saturated carbocycles. The number of likely N-dealkylation sites (tertiary alicyclic amines) is 1. The van der Waals surface area contributed by atoms with Crippen LogP contribution >= 0.6 is 0 Å². The summed E-state index contributed by atoms with van der Waals surface area (Å²) in [5, 5.41) is 6.02. The number of halogens is 1. The molecule has 4 amide bonds. The monoisotopic (exact) mass is 660 g/mol. The smallest absolute Gasteiger partial charge is 0.259 e. The molecule has 4 aromatic rings. The van der Waals surface area contributed by atoms with Crippen LogP contribution in [0.2, 0.25) is 0 Å². The highest BCUT2D eigenvalue weighted by Crippen LogP contribution is 2.32. The Morgan fingerprint density at radius 2 is 1.96 bits per heavy atom. The number of carbonyl (C=O) groups is 4. The Hall–Kier alpha value is -5.34. The molecular weight excluding hydrogens is 623 g/mol. The van der Waals surface area contributed by atoms with Crippen molar-refractivity contribution in [1.29, 1.82) is 0 Å². The second kappa shape index (κ2) is 13.6. The van der Waals surface area contributed by atoms with E-state index in [1.165, 1.54) is 17.0 Å². The Bertz CT molecular complexity index is 2040. The Morgan fingerprint density at radius 3 is 2.76 bits per heavy atom. The van der Waals surface area contributed by atoms with E-state index in [0.717, 1.165) is 65.5 Å². The summed E-state index contributed by atoms with van der Waals surface area (Å²) in [6.45, 7) is 1.35. The van der Waals surface area contributed by atoms with E-state index in [0.29, 0.717) is 36.7 Å². The number of piperidine rings is 1. The van der Waals surface area contributed by atoms with Crippen molar-refractivity contribution in [2.45, 2.75) is 70.0 Å². The molecule has 7 rings (SSSR count). The first-order chi connectivity index (χ1) is 23.7. The van der Waals surface area contributed by atoms with Crippen LogP contribution in [0.5, 0.6) is 0 Å². The van der Waals surface area contributed by atoms with Gasteiger partial charge in [0.25, 0.3) is 11.8 Å². The molecule has 10 nitrogen and oxygen atoms in total. The molecular formula is C38H37FN6O4. The van der Waals surface area contributed by atoms with E-state index in [4.69, 9.17) is 0 Å². The topological polar surface area (TPSA) is 128 Å². The fraction of sp³-hybridized carbons (Fsp3) is 0.342. The van der Waals surface area contributed by atoms with Crippen molar-refractivity contribution in [2.24, 2.45) is 0 Å². The molecule has 49 heavy (non-hydrogen) atoms. The summed E-state index contributed by atoms with van der Waals surface area (Å²) in [5.74, 6) is 4.61. The molecule has 0 spiro atoms. The van der Waals surface area contributed by atoms with E-state index in [1.54, 1.807) is 30.5 Å². The summed E-state index contributed by atoms with van der Waals surface area (Å²) in [6, 6.07) is 13.6. The van der Waals surface area contributed by atoms with Gasteiger partial charge in [-0.05, 0) is 93.6 Å². The Labute approximate surface area is 283 Å². The van der Waals surface area contributed by atoms with Gasteiger partial charge in [-0.15, -0.1) is 0 Å². The fourth-order valence-electron chi connectivity index (χ4n) is 7.08. The molecule has 0 radical (unpaired) electrons. The van der Waals surface area contributed by atoms with E-state index < -0.39 is 23.7 Å². The summed E-state index contributed by atoms with van der Waals surface area (Å²) in [7, 11) is 2.12. The molecule has 2 saturated heterocycles. The molecule has 0 aliphatic carbocycles. The maximum atomic E-state index is 15.0. The largest absolute Gasteiger partial charge is 0.357 e. The van der Waals surface area contributed by atoms with Crippen molar-refractivity contribution in [2.75, 3.05) is 18.9 Å². The number of H-pyrrole nitrogens is 1. The van der Waals surface area contributed by atoms with Gasteiger partial charge in [0.2, 0.25) is 11.8 Å². The highest BCUT2D eigenvalue weighted by atomic mass is 19.1. The standard InChI is InChI=1S/C38H37FN6O4/c1-44-17-7-12-32(44)31-19-25-21-40-34(20-30(25)41-31)42-36(47)27-14-13-23(18-29(27)39)8-4-2-3-5-9-24-10-6-11-26-28(24)22-45(38(26)49)33-15-16-35(46)43-37(33)48/h6,10-11,13-14,18-21,32-33,41H,2-4,7-8,12,15-17,22H2,1H3,(H,40,42,47)(H,43,46,48)/t32-,33?/m1/s1. The van der Waals surface area contributed by atoms with Gasteiger partial charge >= 0.3 is 0 Å². The first kappa shape index (κ1) is 32.2. The number of nitrogens with zero attached hydrogens (tertiary/aromatic N) is 3. The van der Waals surface area contributed by atoms with Gasteiger partial charge in [0.05, 0.1) is 11.1 Å². The number of aryl methyl sites for hydroxylation is 1. The van der Waals surface area contributed by atoms with Crippen molar-refractivity contribution < 1.29 is 23.6 Å². The summed E-state index contributed by atoms with van der Waals surface area (Å²) in [6.07, 6.45) is 7.33. The van der Waals surface area contributed by atoms with Crippen LogP contribution in [0.1, 0.15) is 94.1 Å². The number of pyridine rings is 1.